The highest BCUT2D eigenvalue weighted by Crippen LogP contribution is 2.24. The molecule has 1 aromatic rings. The number of nitrogens with two attached hydrogens (primary N) is 1. The lowest BCUT2D eigenvalue weighted by Gasteiger charge is -2.37. The fourth-order valence-electron chi connectivity index (χ4n) is 2.71. The van der Waals surface area contributed by atoms with Crippen molar-refractivity contribution < 1.29 is 0 Å². The molecular formula is C15H26BrN5. The van der Waals surface area contributed by atoms with E-state index in [0.717, 1.165) is 48.5 Å². The molecule has 0 amide bonds. The predicted molar refractivity (Wildman–Crippen MR) is 90.3 cm³/mol. The topological polar surface area (TPSA) is 58.3 Å². The van der Waals surface area contributed by atoms with Gasteiger partial charge in [-0.1, -0.05) is 13.8 Å². The van der Waals surface area contributed by atoms with Crippen molar-refractivity contribution in [2.24, 2.45) is 5.92 Å². The van der Waals surface area contributed by atoms with Crippen molar-refractivity contribution in [3.8, 4) is 0 Å². The Morgan fingerprint density at radius 1 is 1.29 bits per heavy atom. The molecule has 5 nitrogen and oxygen atoms in total. The fraction of sp³-hybridized carbons (Fsp3) is 0.733. The molecule has 1 aliphatic rings. The minimum atomic E-state index is 0.455. The van der Waals surface area contributed by atoms with Gasteiger partial charge in [0.25, 0.3) is 0 Å². The molecule has 21 heavy (non-hydrogen) atoms. The van der Waals surface area contributed by atoms with Crippen molar-refractivity contribution in [1.29, 1.82) is 0 Å². The van der Waals surface area contributed by atoms with Gasteiger partial charge in [0, 0.05) is 32.1 Å². The Hall–Kier alpha value is -0.720. The molecule has 1 saturated heterocycles. The average Bonchev–Trinajstić information content (AvgIpc) is 2.39. The van der Waals surface area contributed by atoms with E-state index in [1.807, 2.05) is 0 Å². The van der Waals surface area contributed by atoms with Gasteiger partial charge in [-0.3, -0.25) is 0 Å². The van der Waals surface area contributed by atoms with Crippen molar-refractivity contribution >= 4 is 21.7 Å². The van der Waals surface area contributed by atoms with E-state index in [4.69, 9.17) is 10.7 Å². The average molecular weight is 356 g/mol. The molecule has 0 bridgehead atoms. The zero-order valence-corrected chi connectivity index (χ0v) is 15.0. The zero-order valence-electron chi connectivity index (χ0n) is 13.4. The molecule has 118 valence electrons. The Bertz CT molecular complexity index is 491. The van der Waals surface area contributed by atoms with Crippen molar-refractivity contribution in [3.05, 3.63) is 16.0 Å². The van der Waals surface area contributed by atoms with Crippen LogP contribution >= 0.6 is 15.9 Å². The molecule has 0 aromatic carbocycles. The number of nitrogens with zero attached hydrogens (tertiary/aromatic N) is 4. The normalized spacial score (nSPS) is 21.1. The van der Waals surface area contributed by atoms with E-state index in [9.17, 15) is 0 Å². The molecule has 1 atom stereocenters. The molecule has 2 heterocycles. The molecule has 1 aromatic heterocycles. The Balaban J connectivity index is 2.17. The van der Waals surface area contributed by atoms with Crippen molar-refractivity contribution in [2.45, 2.75) is 32.7 Å². The van der Waals surface area contributed by atoms with Crippen LogP contribution in [0, 0.1) is 5.92 Å². The van der Waals surface area contributed by atoms with Gasteiger partial charge < -0.3 is 15.5 Å². The van der Waals surface area contributed by atoms with Crippen LogP contribution in [0.2, 0.25) is 0 Å². The Morgan fingerprint density at radius 3 is 2.67 bits per heavy atom. The molecule has 0 aliphatic carbocycles. The monoisotopic (exact) mass is 355 g/mol. The Labute approximate surface area is 136 Å². The van der Waals surface area contributed by atoms with Gasteiger partial charge in [-0.15, -0.1) is 0 Å². The summed E-state index contributed by atoms with van der Waals surface area (Å²) >= 11 is 3.52. The van der Waals surface area contributed by atoms with Crippen LogP contribution in [0.25, 0.3) is 0 Å². The standard InChI is InChI=1S/C15H26BrN5/c1-10(2)7-12-14(16)15(17)19-13(18-12)8-11-9-20(3)5-6-21(11)4/h10-11H,5-9H2,1-4H3,(H2,17,18,19). The van der Waals surface area contributed by atoms with Gasteiger partial charge in [0.2, 0.25) is 0 Å². The predicted octanol–water partition coefficient (Wildman–Crippen LogP) is 1.81. The molecule has 6 heteroatoms. The smallest absolute Gasteiger partial charge is 0.141 e. The van der Waals surface area contributed by atoms with Gasteiger partial charge >= 0.3 is 0 Å². The van der Waals surface area contributed by atoms with E-state index in [-0.39, 0.29) is 0 Å². The van der Waals surface area contributed by atoms with Crippen molar-refractivity contribution in [2.75, 3.05) is 39.5 Å². The van der Waals surface area contributed by atoms with Gasteiger partial charge in [0.05, 0.1) is 10.2 Å². The molecule has 1 aliphatic heterocycles. The van der Waals surface area contributed by atoms with E-state index in [1.165, 1.54) is 0 Å². The maximum Gasteiger partial charge on any atom is 0.141 e. The summed E-state index contributed by atoms with van der Waals surface area (Å²) in [7, 11) is 4.34. The maximum atomic E-state index is 6.04. The minimum absolute atomic E-state index is 0.455. The summed E-state index contributed by atoms with van der Waals surface area (Å²) in [6, 6.07) is 0.455. The number of aromatic nitrogens is 2. The van der Waals surface area contributed by atoms with E-state index in [2.05, 4.69) is 58.7 Å². The van der Waals surface area contributed by atoms with Crippen LogP contribution in [0.4, 0.5) is 5.82 Å². The van der Waals surface area contributed by atoms with E-state index in [0.29, 0.717) is 17.8 Å². The van der Waals surface area contributed by atoms with Gasteiger partial charge in [-0.2, -0.15) is 0 Å². The molecule has 0 saturated carbocycles. The number of likely N-dealkylation sites (N-methyl/N-ethyl adjacent to an activating group) is 2. The fourth-order valence-corrected chi connectivity index (χ4v) is 3.05. The number of anilines is 1. The minimum Gasteiger partial charge on any atom is -0.383 e. The van der Waals surface area contributed by atoms with Crippen LogP contribution in [-0.4, -0.2) is 59.5 Å². The number of nitrogen functional groups attached to an aromatic ring is 1. The first-order valence-electron chi connectivity index (χ1n) is 7.56. The third kappa shape index (κ3) is 4.37. The van der Waals surface area contributed by atoms with Crippen molar-refractivity contribution in [1.82, 2.24) is 19.8 Å². The number of rotatable bonds is 4. The van der Waals surface area contributed by atoms with Crippen LogP contribution in [0.3, 0.4) is 0 Å². The summed E-state index contributed by atoms with van der Waals surface area (Å²) in [4.78, 5) is 14.0. The highest BCUT2D eigenvalue weighted by Gasteiger charge is 2.24. The Morgan fingerprint density at radius 2 is 2.00 bits per heavy atom. The quantitative estimate of drug-likeness (QED) is 0.892. The van der Waals surface area contributed by atoms with Crippen LogP contribution in [-0.2, 0) is 12.8 Å². The largest absolute Gasteiger partial charge is 0.383 e. The lowest BCUT2D eigenvalue weighted by molar-refractivity contribution is 0.113. The van der Waals surface area contributed by atoms with E-state index in [1.54, 1.807) is 0 Å². The first-order valence-corrected chi connectivity index (χ1v) is 8.35. The van der Waals surface area contributed by atoms with Crippen LogP contribution in [0.5, 0.6) is 0 Å². The molecular weight excluding hydrogens is 330 g/mol. The summed E-state index contributed by atoms with van der Waals surface area (Å²) in [5.41, 5.74) is 7.07. The van der Waals surface area contributed by atoms with E-state index < -0.39 is 0 Å². The number of hydrogen-bond donors (Lipinski definition) is 1. The van der Waals surface area contributed by atoms with Gasteiger partial charge in [-0.25, -0.2) is 9.97 Å². The summed E-state index contributed by atoms with van der Waals surface area (Å²) in [5.74, 6) is 1.97. The van der Waals surface area contributed by atoms with Gasteiger partial charge in [-0.05, 0) is 42.4 Å². The second-order valence-corrected chi connectivity index (χ2v) is 7.28. The lowest BCUT2D eigenvalue weighted by Crippen LogP contribution is -2.51. The number of hydrogen-bond acceptors (Lipinski definition) is 5. The molecule has 1 fully saturated rings. The maximum absolute atomic E-state index is 6.04. The zero-order chi connectivity index (χ0) is 15.6. The van der Waals surface area contributed by atoms with Crippen LogP contribution < -0.4 is 5.73 Å². The van der Waals surface area contributed by atoms with E-state index >= 15 is 0 Å². The molecule has 2 rings (SSSR count). The second kappa shape index (κ2) is 7.03. The first kappa shape index (κ1) is 16.6. The third-order valence-electron chi connectivity index (χ3n) is 3.99. The summed E-state index contributed by atoms with van der Waals surface area (Å²) < 4.78 is 0.856. The SMILES string of the molecule is CC(C)Cc1nc(CC2CN(C)CCN2C)nc(N)c1Br. The second-order valence-electron chi connectivity index (χ2n) is 6.48. The first-order chi connectivity index (χ1) is 9.86. The molecule has 2 N–H and O–H groups in total. The molecule has 0 radical (unpaired) electrons. The van der Waals surface area contributed by atoms with Crippen molar-refractivity contribution in [3.63, 3.8) is 0 Å². The Kier molecular flexibility index (Phi) is 5.57. The summed E-state index contributed by atoms with van der Waals surface area (Å²) in [6.45, 7) is 7.64. The highest BCUT2D eigenvalue weighted by atomic mass is 79.9. The number of piperazine rings is 1. The molecule has 0 spiro atoms. The number of halogens is 1. The lowest BCUT2D eigenvalue weighted by atomic mass is 10.1. The van der Waals surface area contributed by atoms with Gasteiger partial charge in [0.15, 0.2) is 0 Å². The summed E-state index contributed by atoms with van der Waals surface area (Å²) in [5, 5.41) is 0. The highest BCUT2D eigenvalue weighted by molar-refractivity contribution is 9.10. The summed E-state index contributed by atoms with van der Waals surface area (Å²) in [6.07, 6.45) is 1.77. The third-order valence-corrected chi connectivity index (χ3v) is 4.86. The van der Waals surface area contributed by atoms with Gasteiger partial charge in [0.1, 0.15) is 11.6 Å². The van der Waals surface area contributed by atoms with Crippen LogP contribution in [0.1, 0.15) is 25.4 Å². The van der Waals surface area contributed by atoms with Crippen LogP contribution in [0.15, 0.2) is 4.47 Å². The molecule has 1 unspecified atom stereocenters.